The Bertz CT molecular complexity index is 1830. The predicted octanol–water partition coefficient (Wildman–Crippen LogP) is 5.18. The monoisotopic (exact) mass is 676 g/mol. The Morgan fingerprint density at radius 2 is 1.20 bits per heavy atom. The second-order valence-electron chi connectivity index (χ2n) is 11.1. The molecule has 4 aromatic carbocycles. The molecule has 0 saturated heterocycles. The number of carbonyl (C=O) groups is 1. The Kier molecular flexibility index (Phi) is 10.5. The third kappa shape index (κ3) is 5.86. The number of aliphatic hydroxyl groups excluding tert-OH is 1. The fraction of sp³-hybridized carbons (Fsp3) is 0.324. The molecule has 0 aliphatic heterocycles. The Morgan fingerprint density at radius 1 is 0.653 bits per heavy atom. The van der Waals surface area contributed by atoms with Crippen LogP contribution in [0.5, 0.6) is 40.2 Å². The molecule has 4 aromatic rings. The highest BCUT2D eigenvalue weighted by atomic mass is 16.7. The van der Waals surface area contributed by atoms with Gasteiger partial charge in [0.1, 0.15) is 46.4 Å². The molecule has 0 heterocycles. The summed E-state index contributed by atoms with van der Waals surface area (Å²) in [6.45, 7) is 1.61. The molecule has 0 fully saturated rings. The maximum Gasteiger partial charge on any atom is 0.204 e. The van der Waals surface area contributed by atoms with Gasteiger partial charge in [-0.1, -0.05) is 6.07 Å². The van der Waals surface area contributed by atoms with Gasteiger partial charge in [-0.05, 0) is 61.0 Å². The Morgan fingerprint density at radius 3 is 1.76 bits per heavy atom. The number of aliphatic hydroxyl groups is 2. The molecular formula is C37H40O12. The molecule has 2 atom stereocenters. The molecule has 49 heavy (non-hydrogen) atoms. The van der Waals surface area contributed by atoms with Gasteiger partial charge in [0.15, 0.2) is 19.2 Å². The molecule has 0 radical (unpaired) electrons. The van der Waals surface area contributed by atoms with Crippen LogP contribution in [0.3, 0.4) is 0 Å². The van der Waals surface area contributed by atoms with Crippen molar-refractivity contribution < 1.29 is 57.6 Å². The van der Waals surface area contributed by atoms with E-state index in [0.717, 1.165) is 5.56 Å². The van der Waals surface area contributed by atoms with Crippen molar-refractivity contribution in [2.24, 2.45) is 0 Å². The van der Waals surface area contributed by atoms with E-state index in [0.29, 0.717) is 22.6 Å². The normalized spacial score (nSPS) is 15.5. The number of rotatable bonds is 15. The van der Waals surface area contributed by atoms with E-state index in [-0.39, 0.29) is 70.2 Å². The first-order chi connectivity index (χ1) is 23.7. The van der Waals surface area contributed by atoms with Crippen LogP contribution in [0.1, 0.15) is 44.3 Å². The van der Waals surface area contributed by atoms with E-state index in [9.17, 15) is 15.0 Å². The van der Waals surface area contributed by atoms with Crippen LogP contribution in [0.4, 0.5) is 0 Å². The number of ether oxygens (including phenoxy) is 9. The van der Waals surface area contributed by atoms with Gasteiger partial charge in [0.05, 0.1) is 46.7 Å². The molecule has 1 aliphatic rings. The SMILES string of the molecule is COCOc1cccc(OCOC)c1[C@@H](O)c1c(OC)ccc(OC)c1-c1c(OC)ccc([C@@]2(O)C(=O)c3cc(C)cc(OC)c32)c1OC. The number of aryl methyl sites for hydroxylation is 1. The molecule has 0 saturated carbocycles. The minimum atomic E-state index is -2.13. The Hall–Kier alpha value is -5.01. The number of hydrogen-bond donors (Lipinski definition) is 2. The lowest BCUT2D eigenvalue weighted by atomic mass is 9.66. The van der Waals surface area contributed by atoms with E-state index in [1.54, 1.807) is 54.6 Å². The van der Waals surface area contributed by atoms with Crippen LogP contribution in [0.2, 0.25) is 0 Å². The number of carbonyl (C=O) groups excluding carboxylic acids is 1. The van der Waals surface area contributed by atoms with E-state index in [2.05, 4.69) is 0 Å². The second kappa shape index (κ2) is 14.6. The number of methoxy groups -OCH3 is 7. The summed E-state index contributed by atoms with van der Waals surface area (Å²) >= 11 is 0. The fourth-order valence-electron chi connectivity index (χ4n) is 6.33. The Labute approximate surface area is 284 Å². The summed E-state index contributed by atoms with van der Waals surface area (Å²) in [4.78, 5) is 13.8. The van der Waals surface area contributed by atoms with Crippen LogP contribution in [0.25, 0.3) is 11.1 Å². The van der Waals surface area contributed by atoms with Crippen LogP contribution in [-0.2, 0) is 15.1 Å². The summed E-state index contributed by atoms with van der Waals surface area (Å²) in [6, 6.07) is 15.0. The van der Waals surface area contributed by atoms with Gasteiger partial charge in [-0.25, -0.2) is 0 Å². The topological polar surface area (TPSA) is 141 Å². The number of hydrogen-bond acceptors (Lipinski definition) is 12. The van der Waals surface area contributed by atoms with Crippen LogP contribution < -0.4 is 33.2 Å². The highest BCUT2D eigenvalue weighted by molar-refractivity contribution is 6.16. The first kappa shape index (κ1) is 35.3. The van der Waals surface area contributed by atoms with Crippen molar-refractivity contribution in [3.05, 3.63) is 88.0 Å². The average molecular weight is 677 g/mol. The second-order valence-corrected chi connectivity index (χ2v) is 11.1. The lowest BCUT2D eigenvalue weighted by Crippen LogP contribution is -2.47. The van der Waals surface area contributed by atoms with Gasteiger partial charge in [-0.3, -0.25) is 4.79 Å². The van der Waals surface area contributed by atoms with E-state index < -0.39 is 17.5 Å². The molecule has 12 nitrogen and oxygen atoms in total. The smallest absolute Gasteiger partial charge is 0.204 e. The maximum atomic E-state index is 13.8. The maximum absolute atomic E-state index is 13.8. The van der Waals surface area contributed by atoms with Gasteiger partial charge >= 0.3 is 0 Å². The van der Waals surface area contributed by atoms with Crippen molar-refractivity contribution in [1.29, 1.82) is 0 Å². The van der Waals surface area contributed by atoms with E-state index >= 15 is 0 Å². The minimum absolute atomic E-state index is 0.0863. The van der Waals surface area contributed by atoms with Crippen molar-refractivity contribution in [3.63, 3.8) is 0 Å². The average Bonchev–Trinajstić information content (AvgIpc) is 3.13. The lowest BCUT2D eigenvalue weighted by Gasteiger charge is -2.40. The zero-order valence-corrected chi connectivity index (χ0v) is 28.7. The van der Waals surface area contributed by atoms with Gasteiger partial charge in [0.25, 0.3) is 0 Å². The molecule has 0 unspecified atom stereocenters. The quantitative estimate of drug-likeness (QED) is 0.160. The summed E-state index contributed by atoms with van der Waals surface area (Å²) in [5.41, 5.74) is 0.450. The predicted molar refractivity (Wildman–Crippen MR) is 179 cm³/mol. The van der Waals surface area contributed by atoms with Gasteiger partial charge in [0, 0.05) is 42.0 Å². The van der Waals surface area contributed by atoms with Crippen LogP contribution in [-0.4, -0.2) is 79.4 Å². The minimum Gasteiger partial charge on any atom is -0.496 e. The molecule has 12 heteroatoms. The fourth-order valence-corrected chi connectivity index (χ4v) is 6.33. The van der Waals surface area contributed by atoms with Crippen molar-refractivity contribution in [2.75, 3.05) is 63.4 Å². The zero-order valence-electron chi connectivity index (χ0n) is 28.7. The standard InChI is InChI=1S/C37H40O12/c1-20-16-21-33(28(17-20)46-7)37(40,36(21)39)22-12-13-25(45-6)32(35(22)47-8)30-23(43-4)14-15-24(44-5)31(30)34(38)29-26(48-18-41-2)10-9-11-27(29)49-19-42-3/h9-17,34,38,40H,18-19H2,1-8H3/t34-,37+/m1/s1. The number of Topliss-reactive ketones (excluding diaryl/α,β-unsaturated/α-hetero) is 1. The molecule has 1 aliphatic carbocycles. The number of ketones is 1. The largest absolute Gasteiger partial charge is 0.496 e. The molecule has 5 rings (SSSR count). The van der Waals surface area contributed by atoms with Crippen LogP contribution >= 0.6 is 0 Å². The first-order valence-corrected chi connectivity index (χ1v) is 15.2. The lowest BCUT2D eigenvalue weighted by molar-refractivity contribution is 0.0353. The first-order valence-electron chi connectivity index (χ1n) is 15.2. The van der Waals surface area contributed by atoms with Gasteiger partial charge in [-0.2, -0.15) is 0 Å². The summed E-state index contributed by atoms with van der Waals surface area (Å²) in [7, 11) is 10.2. The highest BCUT2D eigenvalue weighted by Crippen LogP contribution is 2.57. The summed E-state index contributed by atoms with van der Waals surface area (Å²) in [6.07, 6.45) is -1.49. The van der Waals surface area contributed by atoms with Crippen molar-refractivity contribution >= 4 is 5.78 Å². The van der Waals surface area contributed by atoms with Gasteiger partial charge in [-0.15, -0.1) is 0 Å². The molecule has 0 bridgehead atoms. The number of benzene rings is 4. The summed E-state index contributed by atoms with van der Waals surface area (Å²) in [5.74, 6) is 1.27. The van der Waals surface area contributed by atoms with Crippen molar-refractivity contribution in [1.82, 2.24) is 0 Å². The van der Waals surface area contributed by atoms with Crippen molar-refractivity contribution in [2.45, 2.75) is 18.6 Å². The van der Waals surface area contributed by atoms with E-state index in [4.69, 9.17) is 42.6 Å². The van der Waals surface area contributed by atoms with Gasteiger partial charge in [0.2, 0.25) is 5.78 Å². The van der Waals surface area contributed by atoms with E-state index in [1.165, 1.54) is 49.8 Å². The van der Waals surface area contributed by atoms with E-state index in [1.807, 2.05) is 6.92 Å². The highest BCUT2D eigenvalue weighted by Gasteiger charge is 2.56. The molecule has 0 amide bonds. The Balaban J connectivity index is 1.85. The summed E-state index contributed by atoms with van der Waals surface area (Å²) < 4.78 is 51.2. The molecule has 260 valence electrons. The summed E-state index contributed by atoms with van der Waals surface area (Å²) in [5, 5.41) is 24.7. The van der Waals surface area contributed by atoms with Crippen LogP contribution in [0, 0.1) is 6.92 Å². The molecule has 2 N–H and O–H groups in total. The third-order valence-electron chi connectivity index (χ3n) is 8.43. The van der Waals surface area contributed by atoms with Crippen LogP contribution in [0.15, 0.2) is 54.6 Å². The molecular weight excluding hydrogens is 636 g/mol. The molecule has 0 aromatic heterocycles. The van der Waals surface area contributed by atoms with Crippen molar-refractivity contribution in [3.8, 4) is 51.4 Å². The van der Waals surface area contributed by atoms with Gasteiger partial charge < -0.3 is 52.8 Å². The third-order valence-corrected chi connectivity index (χ3v) is 8.43. The zero-order chi connectivity index (χ0) is 35.5. The molecule has 0 spiro atoms. The number of fused-ring (bicyclic) bond motifs is 1.